The van der Waals surface area contributed by atoms with E-state index in [4.69, 9.17) is 0 Å². The molecular weight excluding hydrogens is 248 g/mol. The van der Waals surface area contributed by atoms with Gasteiger partial charge in [-0.25, -0.2) is 9.67 Å². The fourth-order valence-electron chi connectivity index (χ4n) is 1.43. The number of pyridine rings is 1. The first-order valence-corrected chi connectivity index (χ1v) is 6.94. The van der Waals surface area contributed by atoms with Crippen molar-refractivity contribution in [3.63, 3.8) is 0 Å². The van der Waals surface area contributed by atoms with E-state index < -0.39 is 0 Å². The van der Waals surface area contributed by atoms with Gasteiger partial charge in [0.05, 0.1) is 5.56 Å². The normalized spacial score (nSPS) is 10.3. The second kappa shape index (κ2) is 6.20. The van der Waals surface area contributed by atoms with Crippen LogP contribution in [0.15, 0.2) is 36.8 Å². The van der Waals surface area contributed by atoms with Crippen molar-refractivity contribution in [2.45, 2.75) is 0 Å². The lowest BCUT2D eigenvalue weighted by molar-refractivity contribution is 0.0956. The monoisotopic (exact) mass is 262 g/mol. The van der Waals surface area contributed by atoms with Gasteiger partial charge in [-0.1, -0.05) is 0 Å². The van der Waals surface area contributed by atoms with Crippen LogP contribution in [-0.2, 0) is 0 Å². The van der Waals surface area contributed by atoms with Crippen LogP contribution in [0.3, 0.4) is 0 Å². The maximum absolute atomic E-state index is 11.7. The summed E-state index contributed by atoms with van der Waals surface area (Å²) in [4.78, 5) is 15.9. The van der Waals surface area contributed by atoms with Crippen molar-refractivity contribution >= 4 is 17.7 Å². The molecule has 0 radical (unpaired) electrons. The number of carbonyl (C=O) groups excluding carboxylic acids is 1. The number of hydrogen-bond donors (Lipinski definition) is 1. The Hall–Kier alpha value is -1.82. The summed E-state index contributed by atoms with van der Waals surface area (Å²) in [6.07, 6.45) is 7.06. The highest BCUT2D eigenvalue weighted by Gasteiger charge is 2.05. The van der Waals surface area contributed by atoms with Gasteiger partial charge in [-0.2, -0.15) is 16.9 Å². The Morgan fingerprint density at radius 3 is 3.00 bits per heavy atom. The maximum atomic E-state index is 11.7. The second-order valence-electron chi connectivity index (χ2n) is 3.60. The number of carbonyl (C=O) groups is 1. The first-order valence-electron chi connectivity index (χ1n) is 5.54. The Balaban J connectivity index is 2.01. The molecule has 18 heavy (non-hydrogen) atoms. The summed E-state index contributed by atoms with van der Waals surface area (Å²) in [6, 6.07) is 5.35. The molecule has 0 saturated carbocycles. The van der Waals surface area contributed by atoms with Gasteiger partial charge in [-0.15, -0.1) is 0 Å². The molecule has 0 spiro atoms. The maximum Gasteiger partial charge on any atom is 0.252 e. The summed E-state index contributed by atoms with van der Waals surface area (Å²) in [5, 5.41) is 6.90. The molecule has 0 aliphatic carbocycles. The third-order valence-electron chi connectivity index (χ3n) is 2.34. The Morgan fingerprint density at radius 2 is 2.39 bits per heavy atom. The van der Waals surface area contributed by atoms with Crippen LogP contribution >= 0.6 is 11.8 Å². The van der Waals surface area contributed by atoms with Gasteiger partial charge >= 0.3 is 0 Å². The van der Waals surface area contributed by atoms with Crippen LogP contribution in [0.5, 0.6) is 0 Å². The Morgan fingerprint density at radius 1 is 1.50 bits per heavy atom. The zero-order valence-corrected chi connectivity index (χ0v) is 10.9. The third-order valence-corrected chi connectivity index (χ3v) is 2.95. The molecule has 94 valence electrons. The lowest BCUT2D eigenvalue weighted by Crippen LogP contribution is -2.25. The second-order valence-corrected chi connectivity index (χ2v) is 4.59. The Labute approximate surface area is 110 Å². The van der Waals surface area contributed by atoms with Crippen molar-refractivity contribution in [2.24, 2.45) is 0 Å². The van der Waals surface area contributed by atoms with Crippen LogP contribution in [0.1, 0.15) is 10.4 Å². The summed E-state index contributed by atoms with van der Waals surface area (Å²) in [5.74, 6) is 1.51. The molecule has 0 unspecified atom stereocenters. The summed E-state index contributed by atoms with van der Waals surface area (Å²) in [7, 11) is 0. The minimum atomic E-state index is -0.0939. The summed E-state index contributed by atoms with van der Waals surface area (Å²) in [5.41, 5.74) is 0.562. The molecule has 2 aromatic rings. The predicted octanol–water partition coefficient (Wildman–Crippen LogP) is 1.36. The van der Waals surface area contributed by atoms with E-state index in [9.17, 15) is 4.79 Å². The van der Waals surface area contributed by atoms with Gasteiger partial charge in [0.15, 0.2) is 5.82 Å². The van der Waals surface area contributed by atoms with Crippen molar-refractivity contribution in [2.75, 3.05) is 18.6 Å². The van der Waals surface area contributed by atoms with Crippen LogP contribution in [0, 0.1) is 0 Å². The van der Waals surface area contributed by atoms with Crippen molar-refractivity contribution in [3.8, 4) is 5.82 Å². The van der Waals surface area contributed by atoms with Crippen molar-refractivity contribution < 1.29 is 4.79 Å². The van der Waals surface area contributed by atoms with E-state index in [-0.39, 0.29) is 5.91 Å². The third kappa shape index (κ3) is 3.10. The number of aromatic nitrogens is 3. The minimum Gasteiger partial charge on any atom is -0.351 e. The van der Waals surface area contributed by atoms with E-state index in [2.05, 4.69) is 15.4 Å². The Bertz CT molecular complexity index is 495. The molecule has 0 aliphatic heterocycles. The van der Waals surface area contributed by atoms with Crippen molar-refractivity contribution in [1.29, 1.82) is 0 Å². The van der Waals surface area contributed by atoms with Gasteiger partial charge in [-0.05, 0) is 24.5 Å². The summed E-state index contributed by atoms with van der Waals surface area (Å²) < 4.78 is 1.65. The first-order chi connectivity index (χ1) is 8.81. The van der Waals surface area contributed by atoms with E-state index >= 15 is 0 Å². The highest BCUT2D eigenvalue weighted by molar-refractivity contribution is 7.98. The van der Waals surface area contributed by atoms with Gasteiger partial charge < -0.3 is 5.32 Å². The molecule has 2 heterocycles. The van der Waals surface area contributed by atoms with Gasteiger partial charge in [-0.3, -0.25) is 4.79 Å². The van der Waals surface area contributed by atoms with Crippen LogP contribution in [-0.4, -0.2) is 39.2 Å². The molecule has 0 aromatic carbocycles. The lowest BCUT2D eigenvalue weighted by Gasteiger charge is -2.05. The average molecular weight is 262 g/mol. The first kappa shape index (κ1) is 12.6. The minimum absolute atomic E-state index is 0.0939. The number of hydrogen-bond acceptors (Lipinski definition) is 4. The lowest BCUT2D eigenvalue weighted by atomic mass is 10.2. The molecule has 6 heteroatoms. The molecule has 2 rings (SSSR count). The fourth-order valence-corrected chi connectivity index (χ4v) is 1.74. The van der Waals surface area contributed by atoms with Crippen molar-refractivity contribution in [1.82, 2.24) is 20.1 Å². The molecule has 1 N–H and O–H groups in total. The number of rotatable bonds is 5. The largest absolute Gasteiger partial charge is 0.351 e. The molecule has 1 amide bonds. The van der Waals surface area contributed by atoms with E-state index in [1.54, 1.807) is 47.2 Å². The number of nitrogens with zero attached hydrogens (tertiary/aromatic N) is 3. The Kier molecular flexibility index (Phi) is 4.35. The zero-order valence-electron chi connectivity index (χ0n) is 10.0. The van der Waals surface area contributed by atoms with E-state index in [1.807, 2.05) is 12.3 Å². The summed E-state index contributed by atoms with van der Waals surface area (Å²) >= 11 is 1.70. The van der Waals surface area contributed by atoms with Crippen LogP contribution in [0.2, 0.25) is 0 Å². The quantitative estimate of drug-likeness (QED) is 0.827. The van der Waals surface area contributed by atoms with Gasteiger partial charge in [0.2, 0.25) is 0 Å². The molecular formula is C12H14N4OS. The molecule has 0 aliphatic rings. The SMILES string of the molecule is CSCCNC(=O)c1ccc(-n2cccn2)nc1. The molecule has 0 fully saturated rings. The van der Waals surface area contributed by atoms with E-state index in [0.717, 1.165) is 5.75 Å². The standard InChI is InChI=1S/C12H14N4OS/c1-18-8-6-13-12(17)10-3-4-11(14-9-10)16-7-2-5-15-16/h2-5,7,9H,6,8H2,1H3,(H,13,17). The van der Waals surface area contributed by atoms with Crippen LogP contribution in [0.25, 0.3) is 5.82 Å². The van der Waals surface area contributed by atoms with E-state index in [0.29, 0.717) is 17.9 Å². The molecule has 0 saturated heterocycles. The smallest absolute Gasteiger partial charge is 0.252 e. The van der Waals surface area contributed by atoms with Gasteiger partial charge in [0.25, 0.3) is 5.91 Å². The van der Waals surface area contributed by atoms with E-state index in [1.165, 1.54) is 0 Å². The van der Waals surface area contributed by atoms with Gasteiger partial charge in [0.1, 0.15) is 0 Å². The molecule has 0 atom stereocenters. The predicted molar refractivity (Wildman–Crippen MR) is 72.1 cm³/mol. The fraction of sp³-hybridized carbons (Fsp3) is 0.250. The van der Waals surface area contributed by atoms with Crippen LogP contribution in [0.4, 0.5) is 0 Å². The number of nitrogens with one attached hydrogen (secondary N) is 1. The number of thioether (sulfide) groups is 1. The highest BCUT2D eigenvalue weighted by Crippen LogP contribution is 2.04. The topological polar surface area (TPSA) is 59.8 Å². The number of amides is 1. The highest BCUT2D eigenvalue weighted by atomic mass is 32.2. The van der Waals surface area contributed by atoms with Gasteiger partial charge in [0, 0.05) is 30.9 Å². The molecule has 2 aromatic heterocycles. The molecule has 5 nitrogen and oxygen atoms in total. The van der Waals surface area contributed by atoms with Crippen molar-refractivity contribution in [3.05, 3.63) is 42.4 Å². The summed E-state index contributed by atoms with van der Waals surface area (Å²) in [6.45, 7) is 0.668. The average Bonchev–Trinajstić information content (AvgIpc) is 2.93. The molecule has 0 bridgehead atoms. The zero-order chi connectivity index (χ0) is 12.8. The van der Waals surface area contributed by atoms with Crippen LogP contribution < -0.4 is 5.32 Å².